The Labute approximate surface area is 171 Å². The van der Waals surface area contributed by atoms with Gasteiger partial charge in [-0.25, -0.2) is 4.98 Å². The standard InChI is InChI=1S/C22H29N5O2/c1-23-22(26-17-18-8-9-21(25-16-18)29-15-14-28-2)24-11-5-12-27-13-10-19-6-3-4-7-20(19)27/h3-4,6-10,13,16H,5,11-12,14-15,17H2,1-2H3,(H2,23,24,26). The van der Waals surface area contributed by atoms with Crippen molar-refractivity contribution in [3.05, 3.63) is 60.4 Å². The molecule has 0 amide bonds. The van der Waals surface area contributed by atoms with E-state index in [0.717, 1.165) is 31.0 Å². The molecule has 2 aromatic heterocycles. The first-order valence-corrected chi connectivity index (χ1v) is 9.85. The average molecular weight is 396 g/mol. The minimum atomic E-state index is 0.496. The van der Waals surface area contributed by atoms with Gasteiger partial charge in [0.1, 0.15) is 6.61 Å². The van der Waals surface area contributed by atoms with Gasteiger partial charge in [-0.05, 0) is 29.5 Å². The number of benzene rings is 1. The van der Waals surface area contributed by atoms with Gasteiger partial charge >= 0.3 is 0 Å². The van der Waals surface area contributed by atoms with Crippen molar-refractivity contribution in [2.45, 2.75) is 19.5 Å². The predicted octanol–water partition coefficient (Wildman–Crippen LogP) is 2.82. The van der Waals surface area contributed by atoms with Crippen molar-refractivity contribution in [2.24, 2.45) is 4.99 Å². The normalized spacial score (nSPS) is 11.6. The van der Waals surface area contributed by atoms with Crippen LogP contribution in [0, 0.1) is 0 Å². The molecule has 2 N–H and O–H groups in total. The molecule has 29 heavy (non-hydrogen) atoms. The third-order valence-corrected chi connectivity index (χ3v) is 4.57. The maximum absolute atomic E-state index is 5.48. The Hall–Kier alpha value is -3.06. The van der Waals surface area contributed by atoms with Gasteiger partial charge in [-0.3, -0.25) is 4.99 Å². The lowest BCUT2D eigenvalue weighted by atomic mass is 10.2. The summed E-state index contributed by atoms with van der Waals surface area (Å²) in [4.78, 5) is 8.59. The Bertz CT molecular complexity index is 905. The number of hydrogen-bond donors (Lipinski definition) is 2. The number of aliphatic imine (C=N–C) groups is 1. The van der Waals surface area contributed by atoms with Gasteiger partial charge < -0.3 is 24.7 Å². The van der Waals surface area contributed by atoms with Gasteiger partial charge in [0.2, 0.25) is 5.88 Å². The summed E-state index contributed by atoms with van der Waals surface area (Å²) in [5, 5.41) is 7.95. The Morgan fingerprint density at radius 3 is 2.79 bits per heavy atom. The molecule has 1 aromatic carbocycles. The summed E-state index contributed by atoms with van der Waals surface area (Å²) in [5.41, 5.74) is 2.34. The van der Waals surface area contributed by atoms with Crippen LogP contribution in [-0.2, 0) is 17.8 Å². The minimum absolute atomic E-state index is 0.496. The van der Waals surface area contributed by atoms with E-state index >= 15 is 0 Å². The van der Waals surface area contributed by atoms with E-state index in [-0.39, 0.29) is 0 Å². The molecule has 0 bridgehead atoms. The Morgan fingerprint density at radius 2 is 2.00 bits per heavy atom. The fourth-order valence-electron chi connectivity index (χ4n) is 3.03. The lowest BCUT2D eigenvalue weighted by Gasteiger charge is -2.12. The number of methoxy groups -OCH3 is 1. The zero-order chi connectivity index (χ0) is 20.3. The van der Waals surface area contributed by atoms with Crippen LogP contribution in [0.5, 0.6) is 5.88 Å². The molecular formula is C22H29N5O2. The quantitative estimate of drug-likeness (QED) is 0.314. The highest BCUT2D eigenvalue weighted by atomic mass is 16.5. The Kier molecular flexibility index (Phi) is 7.89. The van der Waals surface area contributed by atoms with E-state index < -0.39 is 0 Å². The summed E-state index contributed by atoms with van der Waals surface area (Å²) in [6.45, 7) is 3.50. The highest BCUT2D eigenvalue weighted by molar-refractivity contribution is 5.80. The Balaban J connectivity index is 1.38. The van der Waals surface area contributed by atoms with Gasteiger partial charge in [0.15, 0.2) is 5.96 Å². The molecule has 7 heteroatoms. The zero-order valence-corrected chi connectivity index (χ0v) is 17.1. The van der Waals surface area contributed by atoms with Crippen LogP contribution in [0.25, 0.3) is 10.9 Å². The van der Waals surface area contributed by atoms with Crippen LogP contribution < -0.4 is 15.4 Å². The van der Waals surface area contributed by atoms with E-state index in [9.17, 15) is 0 Å². The molecule has 0 fully saturated rings. The molecule has 0 aliphatic carbocycles. The van der Waals surface area contributed by atoms with E-state index in [1.54, 1.807) is 20.4 Å². The maximum atomic E-state index is 5.48. The molecule has 0 aliphatic heterocycles. The van der Waals surface area contributed by atoms with Crippen LogP contribution in [0.4, 0.5) is 0 Å². The van der Waals surface area contributed by atoms with Gasteiger partial charge in [0.25, 0.3) is 0 Å². The lowest BCUT2D eigenvalue weighted by Crippen LogP contribution is -2.37. The second-order valence-corrected chi connectivity index (χ2v) is 6.62. The van der Waals surface area contributed by atoms with E-state index in [4.69, 9.17) is 9.47 Å². The number of aryl methyl sites for hydroxylation is 1. The van der Waals surface area contributed by atoms with Crippen molar-refractivity contribution in [2.75, 3.05) is 33.9 Å². The van der Waals surface area contributed by atoms with Gasteiger partial charge in [-0.15, -0.1) is 0 Å². The van der Waals surface area contributed by atoms with Crippen LogP contribution in [-0.4, -0.2) is 49.4 Å². The minimum Gasteiger partial charge on any atom is -0.475 e. The molecule has 0 atom stereocenters. The number of guanidine groups is 1. The van der Waals surface area contributed by atoms with Crippen molar-refractivity contribution >= 4 is 16.9 Å². The monoisotopic (exact) mass is 395 g/mol. The first-order chi connectivity index (χ1) is 14.3. The molecule has 7 nitrogen and oxygen atoms in total. The summed E-state index contributed by atoms with van der Waals surface area (Å²) in [6, 6.07) is 14.5. The number of nitrogens with zero attached hydrogens (tertiary/aromatic N) is 3. The Morgan fingerprint density at radius 1 is 1.10 bits per heavy atom. The molecule has 0 radical (unpaired) electrons. The maximum Gasteiger partial charge on any atom is 0.213 e. The predicted molar refractivity (Wildman–Crippen MR) is 116 cm³/mol. The van der Waals surface area contributed by atoms with E-state index in [0.29, 0.717) is 25.6 Å². The molecule has 0 spiro atoms. The molecule has 3 aromatic rings. The fourth-order valence-corrected chi connectivity index (χ4v) is 3.03. The topological polar surface area (TPSA) is 72.7 Å². The summed E-state index contributed by atoms with van der Waals surface area (Å²) < 4.78 is 12.7. The highest BCUT2D eigenvalue weighted by Gasteiger charge is 2.02. The summed E-state index contributed by atoms with van der Waals surface area (Å²) in [6.07, 6.45) is 4.96. The van der Waals surface area contributed by atoms with Crippen molar-refractivity contribution in [1.29, 1.82) is 0 Å². The molecular weight excluding hydrogens is 366 g/mol. The SMILES string of the molecule is CN=C(NCCCn1ccc2ccccc21)NCc1ccc(OCCOC)nc1. The van der Waals surface area contributed by atoms with Gasteiger partial charge in [0.05, 0.1) is 6.61 Å². The van der Waals surface area contributed by atoms with Crippen molar-refractivity contribution in [3.8, 4) is 5.88 Å². The third-order valence-electron chi connectivity index (χ3n) is 4.57. The smallest absolute Gasteiger partial charge is 0.213 e. The number of ether oxygens (including phenoxy) is 2. The van der Waals surface area contributed by atoms with Gasteiger partial charge in [-0.1, -0.05) is 24.3 Å². The lowest BCUT2D eigenvalue weighted by molar-refractivity contribution is 0.143. The molecule has 0 saturated carbocycles. The first-order valence-electron chi connectivity index (χ1n) is 9.85. The van der Waals surface area contributed by atoms with E-state index in [2.05, 4.69) is 61.7 Å². The van der Waals surface area contributed by atoms with Crippen LogP contribution in [0.2, 0.25) is 0 Å². The van der Waals surface area contributed by atoms with E-state index in [1.807, 2.05) is 12.1 Å². The molecule has 2 heterocycles. The number of rotatable bonds is 10. The summed E-state index contributed by atoms with van der Waals surface area (Å²) in [5.74, 6) is 1.38. The van der Waals surface area contributed by atoms with Crippen LogP contribution >= 0.6 is 0 Å². The van der Waals surface area contributed by atoms with Crippen molar-refractivity contribution in [1.82, 2.24) is 20.2 Å². The second-order valence-electron chi connectivity index (χ2n) is 6.62. The molecule has 154 valence electrons. The number of para-hydroxylation sites is 1. The molecule has 0 aliphatic rings. The van der Waals surface area contributed by atoms with Gasteiger partial charge in [0, 0.05) is 57.8 Å². The van der Waals surface area contributed by atoms with Gasteiger partial charge in [-0.2, -0.15) is 0 Å². The van der Waals surface area contributed by atoms with Crippen molar-refractivity contribution < 1.29 is 9.47 Å². The van der Waals surface area contributed by atoms with Crippen LogP contribution in [0.1, 0.15) is 12.0 Å². The number of fused-ring (bicyclic) bond motifs is 1. The average Bonchev–Trinajstić information content (AvgIpc) is 3.17. The third kappa shape index (κ3) is 6.22. The van der Waals surface area contributed by atoms with Crippen LogP contribution in [0.15, 0.2) is 59.9 Å². The number of nitrogens with one attached hydrogen (secondary N) is 2. The fraction of sp³-hybridized carbons (Fsp3) is 0.364. The number of hydrogen-bond acceptors (Lipinski definition) is 4. The number of pyridine rings is 1. The highest BCUT2D eigenvalue weighted by Crippen LogP contribution is 2.15. The van der Waals surface area contributed by atoms with Crippen molar-refractivity contribution in [3.63, 3.8) is 0 Å². The van der Waals surface area contributed by atoms with E-state index in [1.165, 1.54) is 10.9 Å². The molecule has 3 rings (SSSR count). The summed E-state index contributed by atoms with van der Waals surface area (Å²) in [7, 11) is 3.43. The molecule has 0 unspecified atom stereocenters. The summed E-state index contributed by atoms with van der Waals surface area (Å²) >= 11 is 0. The second kappa shape index (κ2) is 11.1. The largest absolute Gasteiger partial charge is 0.475 e. The van der Waals surface area contributed by atoms with Crippen LogP contribution in [0.3, 0.4) is 0 Å². The number of aromatic nitrogens is 2. The first kappa shape index (κ1) is 20.7. The zero-order valence-electron chi connectivity index (χ0n) is 17.1. The molecule has 0 saturated heterocycles.